The van der Waals surface area contributed by atoms with Gasteiger partial charge in [-0.15, -0.1) is 0 Å². The first-order valence-corrected chi connectivity index (χ1v) is 4.62. The Labute approximate surface area is 87.7 Å². The zero-order chi connectivity index (χ0) is 9.26. The molecule has 0 aliphatic rings. The number of rotatable bonds is 1. The lowest BCUT2D eigenvalue weighted by molar-refractivity contribution is 0.833. The molecule has 0 fully saturated rings. The molecule has 2 aromatic rings. The summed E-state index contributed by atoms with van der Waals surface area (Å²) in [5.74, 6) is 0.630. The van der Waals surface area contributed by atoms with Gasteiger partial charge in [-0.25, -0.2) is 9.67 Å². The average molecular weight is 259 g/mol. The van der Waals surface area contributed by atoms with Crippen LogP contribution in [0.25, 0.3) is 5.82 Å². The number of hydrogen-bond acceptors (Lipinski definition) is 3. The van der Waals surface area contributed by atoms with Crippen LogP contribution in [0.1, 0.15) is 0 Å². The van der Waals surface area contributed by atoms with Crippen LogP contribution >= 0.6 is 27.5 Å². The molecule has 0 radical (unpaired) electrons. The molecule has 0 amide bonds. The van der Waals surface area contributed by atoms with Crippen LogP contribution in [0.3, 0.4) is 0 Å². The Morgan fingerprint density at radius 1 is 1.46 bits per heavy atom. The molecule has 0 saturated carbocycles. The minimum atomic E-state index is 0.203. The van der Waals surface area contributed by atoms with Crippen molar-refractivity contribution in [2.24, 2.45) is 0 Å². The fourth-order valence-corrected chi connectivity index (χ4v) is 1.39. The maximum Gasteiger partial charge on any atom is 0.224 e. The molecule has 4 nitrogen and oxygen atoms in total. The van der Waals surface area contributed by atoms with Crippen LogP contribution in [0, 0.1) is 0 Å². The van der Waals surface area contributed by atoms with E-state index in [1.807, 2.05) is 6.07 Å². The highest BCUT2D eigenvalue weighted by Gasteiger charge is 2.05. The Hall–Kier alpha value is -0.940. The lowest BCUT2D eigenvalue weighted by Gasteiger charge is -2.01. The van der Waals surface area contributed by atoms with Crippen LogP contribution in [0.5, 0.6) is 0 Å². The van der Waals surface area contributed by atoms with E-state index in [1.165, 1.54) is 0 Å². The van der Waals surface area contributed by atoms with Gasteiger partial charge in [-0.3, -0.25) is 0 Å². The second kappa shape index (κ2) is 3.43. The van der Waals surface area contributed by atoms with Gasteiger partial charge in [0.1, 0.15) is 0 Å². The van der Waals surface area contributed by atoms with Crippen molar-refractivity contribution in [3.05, 3.63) is 34.4 Å². The molecule has 6 heteroatoms. The summed E-state index contributed by atoms with van der Waals surface area (Å²) in [6.07, 6.45) is 5.04. The molecule has 2 aromatic heterocycles. The summed E-state index contributed by atoms with van der Waals surface area (Å²) in [7, 11) is 0. The standard InChI is InChI=1S/C7H4BrClN4/c8-5-4-10-7(9)12-6(5)13-3-1-2-11-13/h1-4H. The summed E-state index contributed by atoms with van der Waals surface area (Å²) in [4.78, 5) is 7.84. The van der Waals surface area contributed by atoms with Gasteiger partial charge >= 0.3 is 0 Å². The third-order valence-electron chi connectivity index (χ3n) is 1.42. The topological polar surface area (TPSA) is 43.6 Å². The Balaban J connectivity index is 2.57. The summed E-state index contributed by atoms with van der Waals surface area (Å²) >= 11 is 8.96. The molecule has 0 aliphatic carbocycles. The predicted octanol–water partition coefficient (Wildman–Crippen LogP) is 2.08. The third kappa shape index (κ3) is 1.71. The van der Waals surface area contributed by atoms with E-state index in [0.717, 1.165) is 4.47 Å². The fraction of sp³-hybridized carbons (Fsp3) is 0. The minimum absolute atomic E-state index is 0.203. The number of halogens is 2. The summed E-state index contributed by atoms with van der Waals surface area (Å²) in [6.45, 7) is 0. The first kappa shape index (κ1) is 8.65. The Morgan fingerprint density at radius 2 is 2.31 bits per heavy atom. The highest BCUT2D eigenvalue weighted by atomic mass is 79.9. The van der Waals surface area contributed by atoms with Gasteiger partial charge in [0.05, 0.1) is 4.47 Å². The molecular formula is C7H4BrClN4. The van der Waals surface area contributed by atoms with Crippen molar-refractivity contribution in [3.63, 3.8) is 0 Å². The van der Waals surface area contributed by atoms with E-state index >= 15 is 0 Å². The lowest BCUT2D eigenvalue weighted by atomic mass is 10.6. The quantitative estimate of drug-likeness (QED) is 0.737. The molecule has 0 bridgehead atoms. The van der Waals surface area contributed by atoms with Gasteiger partial charge in [0.15, 0.2) is 5.82 Å². The molecule has 0 saturated heterocycles. The van der Waals surface area contributed by atoms with Crippen LogP contribution in [0.2, 0.25) is 5.28 Å². The van der Waals surface area contributed by atoms with E-state index in [-0.39, 0.29) is 5.28 Å². The predicted molar refractivity (Wildman–Crippen MR) is 51.9 cm³/mol. The first-order chi connectivity index (χ1) is 6.27. The molecule has 2 rings (SSSR count). The van der Waals surface area contributed by atoms with Crippen molar-refractivity contribution < 1.29 is 0 Å². The van der Waals surface area contributed by atoms with Crippen molar-refractivity contribution in [2.75, 3.05) is 0 Å². The molecule has 66 valence electrons. The summed E-state index contributed by atoms with van der Waals surface area (Å²) in [6, 6.07) is 1.81. The Bertz CT molecular complexity index is 414. The van der Waals surface area contributed by atoms with Crippen molar-refractivity contribution in [2.45, 2.75) is 0 Å². The molecule has 0 aliphatic heterocycles. The molecule has 0 N–H and O–H groups in total. The van der Waals surface area contributed by atoms with E-state index < -0.39 is 0 Å². The van der Waals surface area contributed by atoms with E-state index in [1.54, 1.807) is 23.3 Å². The highest BCUT2D eigenvalue weighted by molar-refractivity contribution is 9.10. The largest absolute Gasteiger partial charge is 0.225 e. The SMILES string of the molecule is Clc1ncc(Br)c(-n2cccn2)n1. The van der Waals surface area contributed by atoms with Gasteiger partial charge in [-0.05, 0) is 33.6 Å². The monoisotopic (exact) mass is 258 g/mol. The molecule has 0 aromatic carbocycles. The zero-order valence-electron chi connectivity index (χ0n) is 6.35. The first-order valence-electron chi connectivity index (χ1n) is 3.45. The van der Waals surface area contributed by atoms with Crippen molar-refractivity contribution >= 4 is 27.5 Å². The van der Waals surface area contributed by atoms with Gasteiger partial charge in [-0.1, -0.05) is 0 Å². The van der Waals surface area contributed by atoms with E-state index in [9.17, 15) is 0 Å². The molecule has 0 spiro atoms. The van der Waals surface area contributed by atoms with Crippen molar-refractivity contribution in [3.8, 4) is 5.82 Å². The van der Waals surface area contributed by atoms with E-state index in [0.29, 0.717) is 5.82 Å². The van der Waals surface area contributed by atoms with Crippen LogP contribution in [-0.2, 0) is 0 Å². The second-order valence-electron chi connectivity index (χ2n) is 2.26. The van der Waals surface area contributed by atoms with Crippen LogP contribution < -0.4 is 0 Å². The fourth-order valence-electron chi connectivity index (χ4n) is 0.892. The van der Waals surface area contributed by atoms with Crippen LogP contribution in [0.4, 0.5) is 0 Å². The molecule has 13 heavy (non-hydrogen) atoms. The lowest BCUT2D eigenvalue weighted by Crippen LogP contribution is -2.00. The summed E-state index contributed by atoms with van der Waals surface area (Å²) in [5.41, 5.74) is 0. The minimum Gasteiger partial charge on any atom is -0.225 e. The van der Waals surface area contributed by atoms with Gasteiger partial charge in [-0.2, -0.15) is 10.1 Å². The highest BCUT2D eigenvalue weighted by Crippen LogP contribution is 2.17. The van der Waals surface area contributed by atoms with Crippen LogP contribution in [0.15, 0.2) is 29.1 Å². The maximum atomic E-state index is 5.65. The summed E-state index contributed by atoms with van der Waals surface area (Å²) in [5, 5.41) is 4.23. The summed E-state index contributed by atoms with van der Waals surface area (Å²) < 4.78 is 2.36. The third-order valence-corrected chi connectivity index (χ3v) is 2.16. The average Bonchev–Trinajstić information content (AvgIpc) is 2.61. The van der Waals surface area contributed by atoms with Crippen LogP contribution in [-0.4, -0.2) is 19.7 Å². The number of nitrogens with zero attached hydrogens (tertiary/aromatic N) is 4. The Morgan fingerprint density at radius 3 is 3.00 bits per heavy atom. The second-order valence-corrected chi connectivity index (χ2v) is 3.45. The van der Waals surface area contributed by atoms with E-state index in [4.69, 9.17) is 11.6 Å². The smallest absolute Gasteiger partial charge is 0.224 e. The maximum absolute atomic E-state index is 5.65. The van der Waals surface area contributed by atoms with Crippen molar-refractivity contribution in [1.82, 2.24) is 19.7 Å². The van der Waals surface area contributed by atoms with Crippen molar-refractivity contribution in [1.29, 1.82) is 0 Å². The van der Waals surface area contributed by atoms with Gasteiger partial charge in [0.2, 0.25) is 5.28 Å². The zero-order valence-corrected chi connectivity index (χ0v) is 8.70. The molecule has 2 heterocycles. The molecule has 0 unspecified atom stereocenters. The normalized spacial score (nSPS) is 10.3. The number of aromatic nitrogens is 4. The number of hydrogen-bond donors (Lipinski definition) is 0. The van der Waals surface area contributed by atoms with Gasteiger partial charge < -0.3 is 0 Å². The Kier molecular flexibility index (Phi) is 2.28. The molecule has 0 atom stereocenters. The molecular weight excluding hydrogens is 255 g/mol. The van der Waals surface area contributed by atoms with Gasteiger partial charge in [0, 0.05) is 18.6 Å². The van der Waals surface area contributed by atoms with Gasteiger partial charge in [0.25, 0.3) is 0 Å². The van der Waals surface area contributed by atoms with E-state index in [2.05, 4.69) is 31.0 Å².